The first-order valence-corrected chi connectivity index (χ1v) is 6.63. The van der Waals surface area contributed by atoms with Crippen molar-refractivity contribution in [3.8, 4) is 5.88 Å². The molecule has 0 saturated carbocycles. The summed E-state index contributed by atoms with van der Waals surface area (Å²) in [5, 5.41) is 12.3. The number of nitroso groups, excluding NO2 is 1. The van der Waals surface area contributed by atoms with E-state index in [4.69, 9.17) is 9.47 Å². The smallest absolute Gasteiger partial charge is 0.334 e. The highest BCUT2D eigenvalue weighted by molar-refractivity contribution is 5.44. The maximum absolute atomic E-state index is 12.2. The van der Waals surface area contributed by atoms with Gasteiger partial charge in [0.2, 0.25) is 11.6 Å². The Hall–Kier alpha value is -2.00. The molecule has 0 saturated heterocycles. The molecule has 0 bridgehead atoms. The first kappa shape index (κ1) is 17.1. The zero-order valence-electron chi connectivity index (χ0n) is 12.1. The van der Waals surface area contributed by atoms with Crippen molar-refractivity contribution in [1.29, 1.82) is 0 Å². The highest BCUT2D eigenvalue weighted by atomic mass is 16.5. The van der Waals surface area contributed by atoms with E-state index in [0.717, 1.165) is 9.13 Å². The lowest BCUT2D eigenvalue weighted by atomic mass is 10.4. The molecule has 0 aliphatic heterocycles. The molecule has 9 heteroatoms. The summed E-state index contributed by atoms with van der Waals surface area (Å²) in [6.45, 7) is 4.72. The Morgan fingerprint density at radius 2 is 1.57 bits per heavy atom. The lowest BCUT2D eigenvalue weighted by Gasteiger charge is -2.13. The Morgan fingerprint density at radius 3 is 2.05 bits per heavy atom. The van der Waals surface area contributed by atoms with Crippen LogP contribution in [-0.2, 0) is 22.6 Å². The SMILES string of the molecule is CCOCCn1c(O)c(N=O)c(=O)n(CCOCC)c1=O. The monoisotopic (exact) mass is 301 g/mol. The van der Waals surface area contributed by atoms with Crippen molar-refractivity contribution in [3.63, 3.8) is 0 Å². The van der Waals surface area contributed by atoms with Crippen LogP contribution in [0.4, 0.5) is 5.69 Å². The molecule has 0 amide bonds. The Kier molecular flexibility index (Phi) is 6.76. The van der Waals surface area contributed by atoms with Crippen LogP contribution in [0.3, 0.4) is 0 Å². The van der Waals surface area contributed by atoms with Crippen LogP contribution >= 0.6 is 0 Å². The Labute approximate surface area is 120 Å². The number of hydrogen-bond acceptors (Lipinski definition) is 7. The average Bonchev–Trinajstić information content (AvgIpc) is 2.47. The maximum Gasteiger partial charge on any atom is 0.334 e. The molecule has 1 heterocycles. The summed E-state index contributed by atoms with van der Waals surface area (Å²) in [6.07, 6.45) is 0. The minimum Gasteiger partial charge on any atom is -0.493 e. The number of ether oxygens (including phenoxy) is 2. The topological polar surface area (TPSA) is 112 Å². The van der Waals surface area contributed by atoms with E-state index in [1.165, 1.54) is 0 Å². The van der Waals surface area contributed by atoms with E-state index in [1.807, 2.05) is 0 Å². The van der Waals surface area contributed by atoms with Crippen molar-refractivity contribution in [2.24, 2.45) is 5.18 Å². The summed E-state index contributed by atoms with van der Waals surface area (Å²) in [4.78, 5) is 34.8. The van der Waals surface area contributed by atoms with E-state index in [-0.39, 0.29) is 26.3 Å². The molecule has 1 aromatic rings. The average molecular weight is 301 g/mol. The third kappa shape index (κ3) is 3.99. The minimum atomic E-state index is -0.931. The molecule has 0 spiro atoms. The molecular formula is C12H19N3O6. The predicted molar refractivity (Wildman–Crippen MR) is 75.1 cm³/mol. The van der Waals surface area contributed by atoms with Gasteiger partial charge < -0.3 is 14.6 Å². The van der Waals surface area contributed by atoms with E-state index >= 15 is 0 Å². The third-order valence-electron chi connectivity index (χ3n) is 2.80. The molecule has 1 rings (SSSR count). The first-order chi connectivity index (χ1) is 10.1. The van der Waals surface area contributed by atoms with E-state index in [0.29, 0.717) is 13.2 Å². The number of aromatic hydroxyl groups is 1. The van der Waals surface area contributed by atoms with Gasteiger partial charge in [0, 0.05) is 13.2 Å². The lowest BCUT2D eigenvalue weighted by Crippen LogP contribution is -2.41. The molecule has 1 aromatic heterocycles. The second-order valence-electron chi connectivity index (χ2n) is 4.05. The summed E-state index contributed by atoms with van der Waals surface area (Å²) < 4.78 is 11.9. The van der Waals surface area contributed by atoms with Crippen LogP contribution in [0.25, 0.3) is 0 Å². The van der Waals surface area contributed by atoms with Crippen LogP contribution in [0.15, 0.2) is 14.8 Å². The standard InChI is InChI=1S/C12H19N3O6/c1-3-20-7-5-14-10(16)9(13-19)11(17)15(12(14)18)6-8-21-4-2/h16H,3-8H2,1-2H3. The van der Waals surface area contributed by atoms with Crippen LogP contribution in [0.1, 0.15) is 13.8 Å². The fraction of sp³-hybridized carbons (Fsp3) is 0.667. The van der Waals surface area contributed by atoms with Gasteiger partial charge in [-0.1, -0.05) is 0 Å². The van der Waals surface area contributed by atoms with Crippen LogP contribution in [0.2, 0.25) is 0 Å². The van der Waals surface area contributed by atoms with Gasteiger partial charge in [0.15, 0.2) is 0 Å². The molecule has 9 nitrogen and oxygen atoms in total. The second kappa shape index (κ2) is 8.32. The largest absolute Gasteiger partial charge is 0.493 e. The van der Waals surface area contributed by atoms with Gasteiger partial charge in [0.1, 0.15) is 0 Å². The highest BCUT2D eigenvalue weighted by Gasteiger charge is 2.19. The lowest BCUT2D eigenvalue weighted by molar-refractivity contribution is 0.130. The molecule has 0 aliphatic rings. The van der Waals surface area contributed by atoms with E-state index < -0.39 is 22.8 Å². The molecule has 0 atom stereocenters. The van der Waals surface area contributed by atoms with Gasteiger partial charge in [-0.3, -0.25) is 13.9 Å². The van der Waals surface area contributed by atoms with Gasteiger partial charge in [-0.15, -0.1) is 4.91 Å². The van der Waals surface area contributed by atoms with Gasteiger partial charge in [-0.05, 0) is 19.0 Å². The molecule has 21 heavy (non-hydrogen) atoms. The fourth-order valence-corrected chi connectivity index (χ4v) is 1.75. The van der Waals surface area contributed by atoms with E-state index in [2.05, 4.69) is 5.18 Å². The molecule has 0 unspecified atom stereocenters. The highest BCUT2D eigenvalue weighted by Crippen LogP contribution is 2.18. The molecule has 0 fully saturated rings. The summed E-state index contributed by atoms with van der Waals surface area (Å²) in [7, 11) is 0. The number of rotatable bonds is 9. The molecular weight excluding hydrogens is 282 g/mol. The van der Waals surface area contributed by atoms with Crippen molar-refractivity contribution in [3.05, 3.63) is 25.7 Å². The Balaban J connectivity index is 3.23. The summed E-state index contributed by atoms with van der Waals surface area (Å²) in [5.74, 6) is -0.743. The van der Waals surface area contributed by atoms with Crippen LogP contribution in [-0.4, -0.2) is 40.7 Å². The van der Waals surface area contributed by atoms with Crippen molar-refractivity contribution in [1.82, 2.24) is 9.13 Å². The van der Waals surface area contributed by atoms with Crippen LogP contribution < -0.4 is 11.2 Å². The molecule has 0 aromatic carbocycles. The van der Waals surface area contributed by atoms with Gasteiger partial charge in [-0.2, -0.15) is 0 Å². The van der Waals surface area contributed by atoms with Gasteiger partial charge in [0.25, 0.3) is 5.56 Å². The number of hydrogen-bond donors (Lipinski definition) is 1. The number of aromatic nitrogens is 2. The van der Waals surface area contributed by atoms with Gasteiger partial charge in [-0.25, -0.2) is 4.79 Å². The molecule has 0 aliphatic carbocycles. The summed E-state index contributed by atoms with van der Waals surface area (Å²) >= 11 is 0. The molecule has 118 valence electrons. The van der Waals surface area contributed by atoms with E-state index in [1.54, 1.807) is 13.8 Å². The maximum atomic E-state index is 12.2. The first-order valence-electron chi connectivity index (χ1n) is 6.63. The zero-order valence-corrected chi connectivity index (χ0v) is 12.1. The Morgan fingerprint density at radius 1 is 1.05 bits per heavy atom. The Bertz CT molecular complexity index is 592. The zero-order chi connectivity index (χ0) is 15.8. The summed E-state index contributed by atoms with van der Waals surface area (Å²) in [5.41, 5.74) is -2.35. The molecule has 0 radical (unpaired) electrons. The van der Waals surface area contributed by atoms with Crippen molar-refractivity contribution in [2.75, 3.05) is 26.4 Å². The fourth-order valence-electron chi connectivity index (χ4n) is 1.75. The van der Waals surface area contributed by atoms with Crippen molar-refractivity contribution < 1.29 is 14.6 Å². The van der Waals surface area contributed by atoms with E-state index in [9.17, 15) is 19.6 Å². The minimum absolute atomic E-state index is 0.00986. The number of nitrogens with zero attached hydrogens (tertiary/aromatic N) is 3. The molecule has 1 N–H and O–H groups in total. The quantitative estimate of drug-likeness (QED) is 0.514. The van der Waals surface area contributed by atoms with Crippen molar-refractivity contribution in [2.45, 2.75) is 26.9 Å². The van der Waals surface area contributed by atoms with Gasteiger partial charge in [0.05, 0.1) is 26.3 Å². The second-order valence-corrected chi connectivity index (χ2v) is 4.05. The third-order valence-corrected chi connectivity index (χ3v) is 2.80. The normalized spacial score (nSPS) is 10.8. The van der Waals surface area contributed by atoms with Crippen molar-refractivity contribution >= 4 is 5.69 Å². The summed E-state index contributed by atoms with van der Waals surface area (Å²) in [6, 6.07) is 0. The van der Waals surface area contributed by atoms with Gasteiger partial charge >= 0.3 is 5.69 Å². The van der Waals surface area contributed by atoms with Crippen LogP contribution in [0, 0.1) is 4.91 Å². The predicted octanol–water partition coefficient (Wildman–Crippen LogP) is 0.187. The van der Waals surface area contributed by atoms with Crippen LogP contribution in [0.5, 0.6) is 5.88 Å².